The van der Waals surface area contributed by atoms with Crippen LogP contribution >= 0.6 is 0 Å². The van der Waals surface area contributed by atoms with Crippen molar-refractivity contribution in [2.75, 3.05) is 6.54 Å². The van der Waals surface area contributed by atoms with Gasteiger partial charge in [-0.2, -0.15) is 0 Å². The summed E-state index contributed by atoms with van der Waals surface area (Å²) in [5.74, 6) is 3.09. The van der Waals surface area contributed by atoms with Crippen molar-refractivity contribution in [2.45, 2.75) is 57.4 Å². The fourth-order valence-electron chi connectivity index (χ4n) is 6.30. The maximum atomic E-state index is 4.05. The van der Waals surface area contributed by atoms with Crippen LogP contribution in [-0.4, -0.2) is 12.1 Å². The number of hydrogen-bond donors (Lipinski definition) is 1. The molecule has 0 aliphatic heterocycles. The Labute approximate surface area is 146 Å². The highest BCUT2D eigenvalue weighted by Crippen LogP contribution is 2.55. The minimum atomic E-state index is 0.488. The van der Waals surface area contributed by atoms with Gasteiger partial charge in [0.2, 0.25) is 0 Å². The second-order valence-electron chi connectivity index (χ2n) is 9.11. The quantitative estimate of drug-likeness (QED) is 0.797. The minimum absolute atomic E-state index is 0.488. The SMILES string of the molecule is Cc1ccc(C2=CC=C(CNC34CC5CC(CC(C5)C3)C4)C2)cc1. The minimum Gasteiger partial charge on any atom is -0.307 e. The zero-order chi connectivity index (χ0) is 16.1. The van der Waals surface area contributed by atoms with E-state index in [1.54, 1.807) is 5.57 Å². The Morgan fingerprint density at radius 2 is 1.54 bits per heavy atom. The molecule has 24 heavy (non-hydrogen) atoms. The van der Waals surface area contributed by atoms with Gasteiger partial charge in [-0.05, 0) is 80.8 Å². The molecule has 0 saturated heterocycles. The van der Waals surface area contributed by atoms with E-state index in [0.717, 1.165) is 30.7 Å². The number of nitrogens with one attached hydrogen (secondary N) is 1. The van der Waals surface area contributed by atoms with Gasteiger partial charge in [-0.15, -0.1) is 0 Å². The first kappa shape index (κ1) is 15.0. The normalized spacial score (nSPS) is 36.8. The number of benzene rings is 1. The van der Waals surface area contributed by atoms with Crippen molar-refractivity contribution in [1.29, 1.82) is 0 Å². The van der Waals surface area contributed by atoms with Crippen LogP contribution < -0.4 is 5.32 Å². The molecule has 0 amide bonds. The highest BCUT2D eigenvalue weighted by atomic mass is 15.0. The summed E-state index contributed by atoms with van der Waals surface area (Å²) in [6, 6.07) is 8.98. The predicted molar refractivity (Wildman–Crippen MR) is 101 cm³/mol. The van der Waals surface area contributed by atoms with Crippen LogP contribution in [0.5, 0.6) is 0 Å². The predicted octanol–water partition coefficient (Wildman–Crippen LogP) is 5.27. The molecule has 1 aromatic carbocycles. The molecule has 1 aromatic rings. The maximum Gasteiger partial charge on any atom is 0.0192 e. The molecule has 6 rings (SSSR count). The summed E-state index contributed by atoms with van der Waals surface area (Å²) in [6.45, 7) is 3.25. The van der Waals surface area contributed by atoms with Crippen LogP contribution in [0.2, 0.25) is 0 Å². The summed E-state index contributed by atoms with van der Waals surface area (Å²) < 4.78 is 0. The van der Waals surface area contributed by atoms with Gasteiger partial charge in [0.25, 0.3) is 0 Å². The van der Waals surface area contributed by atoms with Crippen LogP contribution in [0.25, 0.3) is 5.57 Å². The van der Waals surface area contributed by atoms with Crippen molar-refractivity contribution >= 4 is 5.57 Å². The van der Waals surface area contributed by atoms with Gasteiger partial charge in [-0.3, -0.25) is 0 Å². The number of allylic oxidation sites excluding steroid dienone is 3. The molecule has 5 aliphatic rings. The van der Waals surface area contributed by atoms with Gasteiger partial charge in [0.1, 0.15) is 0 Å². The Morgan fingerprint density at radius 3 is 2.17 bits per heavy atom. The summed E-state index contributed by atoms with van der Waals surface area (Å²) in [6.07, 6.45) is 14.8. The molecule has 0 unspecified atom stereocenters. The third-order valence-electron chi connectivity index (χ3n) is 7.09. The van der Waals surface area contributed by atoms with Crippen LogP contribution in [0.3, 0.4) is 0 Å². The zero-order valence-corrected chi connectivity index (χ0v) is 14.9. The molecular weight excluding hydrogens is 290 g/mol. The lowest BCUT2D eigenvalue weighted by Gasteiger charge is -2.57. The van der Waals surface area contributed by atoms with E-state index in [4.69, 9.17) is 0 Å². The van der Waals surface area contributed by atoms with Crippen LogP contribution in [0.1, 0.15) is 56.1 Å². The summed E-state index contributed by atoms with van der Waals surface area (Å²) in [5.41, 5.74) is 6.27. The molecule has 4 bridgehead atoms. The molecule has 0 atom stereocenters. The van der Waals surface area contributed by atoms with Gasteiger partial charge in [0.15, 0.2) is 0 Å². The van der Waals surface area contributed by atoms with Crippen LogP contribution in [-0.2, 0) is 0 Å². The Morgan fingerprint density at radius 1 is 0.917 bits per heavy atom. The van der Waals surface area contributed by atoms with E-state index in [1.807, 2.05) is 0 Å². The van der Waals surface area contributed by atoms with Gasteiger partial charge >= 0.3 is 0 Å². The summed E-state index contributed by atoms with van der Waals surface area (Å²) in [5, 5.41) is 4.05. The number of rotatable bonds is 4. The molecule has 0 heterocycles. The molecule has 126 valence electrons. The van der Waals surface area contributed by atoms with E-state index in [2.05, 4.69) is 48.7 Å². The highest BCUT2D eigenvalue weighted by Gasteiger charge is 2.50. The third kappa shape index (κ3) is 2.67. The lowest BCUT2D eigenvalue weighted by atomic mass is 9.53. The fraction of sp³-hybridized carbons (Fsp3) is 0.565. The topological polar surface area (TPSA) is 12.0 Å². The van der Waals surface area contributed by atoms with Crippen molar-refractivity contribution < 1.29 is 0 Å². The average Bonchev–Trinajstić information content (AvgIpc) is 3.01. The molecule has 4 fully saturated rings. The van der Waals surface area contributed by atoms with Gasteiger partial charge in [-0.1, -0.05) is 47.6 Å². The van der Waals surface area contributed by atoms with Gasteiger partial charge in [0.05, 0.1) is 0 Å². The monoisotopic (exact) mass is 319 g/mol. The Bertz CT molecular complexity index is 656. The molecule has 0 spiro atoms. The van der Waals surface area contributed by atoms with Crippen molar-refractivity contribution in [3.05, 3.63) is 53.1 Å². The Hall–Kier alpha value is -1.34. The molecule has 1 heteroatoms. The van der Waals surface area contributed by atoms with Crippen LogP contribution in [0, 0.1) is 24.7 Å². The fourth-order valence-corrected chi connectivity index (χ4v) is 6.30. The molecule has 5 aliphatic carbocycles. The second-order valence-corrected chi connectivity index (χ2v) is 9.11. The first-order valence-corrected chi connectivity index (χ1v) is 9.88. The van der Waals surface area contributed by atoms with Gasteiger partial charge < -0.3 is 5.32 Å². The molecule has 1 N–H and O–H groups in total. The third-order valence-corrected chi connectivity index (χ3v) is 7.09. The first-order chi connectivity index (χ1) is 11.7. The lowest BCUT2D eigenvalue weighted by Crippen LogP contribution is -2.58. The highest BCUT2D eigenvalue weighted by molar-refractivity contribution is 5.72. The van der Waals surface area contributed by atoms with Gasteiger partial charge in [0, 0.05) is 12.1 Å². The van der Waals surface area contributed by atoms with Crippen LogP contribution in [0.15, 0.2) is 42.0 Å². The molecule has 1 nitrogen and oxygen atoms in total. The van der Waals surface area contributed by atoms with Crippen molar-refractivity contribution in [3.8, 4) is 0 Å². The van der Waals surface area contributed by atoms with E-state index >= 15 is 0 Å². The van der Waals surface area contributed by atoms with E-state index in [1.165, 1.54) is 55.2 Å². The lowest BCUT2D eigenvalue weighted by molar-refractivity contribution is -0.0182. The Balaban J connectivity index is 1.21. The largest absolute Gasteiger partial charge is 0.307 e. The molecular formula is C23H29N. The van der Waals surface area contributed by atoms with E-state index in [9.17, 15) is 0 Å². The van der Waals surface area contributed by atoms with Crippen LogP contribution in [0.4, 0.5) is 0 Å². The second kappa shape index (κ2) is 5.59. The Kier molecular flexibility index (Phi) is 3.49. The van der Waals surface area contributed by atoms with Crippen molar-refractivity contribution in [3.63, 3.8) is 0 Å². The van der Waals surface area contributed by atoms with E-state index in [-0.39, 0.29) is 0 Å². The summed E-state index contributed by atoms with van der Waals surface area (Å²) in [7, 11) is 0. The van der Waals surface area contributed by atoms with E-state index in [0.29, 0.717) is 5.54 Å². The zero-order valence-electron chi connectivity index (χ0n) is 14.9. The molecule has 4 saturated carbocycles. The van der Waals surface area contributed by atoms with E-state index < -0.39 is 0 Å². The molecule has 0 radical (unpaired) electrons. The number of aryl methyl sites for hydroxylation is 1. The summed E-state index contributed by atoms with van der Waals surface area (Å²) in [4.78, 5) is 0. The first-order valence-electron chi connectivity index (χ1n) is 9.88. The van der Waals surface area contributed by atoms with Gasteiger partial charge in [-0.25, -0.2) is 0 Å². The van der Waals surface area contributed by atoms with Crippen molar-refractivity contribution in [1.82, 2.24) is 5.32 Å². The molecule has 0 aromatic heterocycles. The maximum absolute atomic E-state index is 4.05. The average molecular weight is 319 g/mol. The number of hydrogen-bond acceptors (Lipinski definition) is 1. The van der Waals surface area contributed by atoms with Crippen molar-refractivity contribution in [2.24, 2.45) is 17.8 Å². The summed E-state index contributed by atoms with van der Waals surface area (Å²) >= 11 is 0. The smallest absolute Gasteiger partial charge is 0.0192 e. The standard InChI is InChI=1S/C23H29N/c1-16-2-5-21(6-3-16)22-7-4-17(11-22)15-24-23-12-18-8-19(13-23)10-20(9-18)14-23/h2-7,18-20,24H,8-15H2,1H3.